The lowest BCUT2D eigenvalue weighted by molar-refractivity contribution is 0.0655. The van der Waals surface area contributed by atoms with E-state index < -0.39 is 5.60 Å². The largest absolute Gasteiger partial charge is 0.383 e. The summed E-state index contributed by atoms with van der Waals surface area (Å²) >= 11 is 1.53. The summed E-state index contributed by atoms with van der Waals surface area (Å²) < 4.78 is 0. The summed E-state index contributed by atoms with van der Waals surface area (Å²) in [7, 11) is 0. The molecule has 7 heteroatoms. The number of carbonyl (C=O) groups excluding carboxylic acids is 1. The summed E-state index contributed by atoms with van der Waals surface area (Å²) in [6.45, 7) is 10.7. The predicted molar refractivity (Wildman–Crippen MR) is 120 cm³/mol. The van der Waals surface area contributed by atoms with Crippen LogP contribution in [0.2, 0.25) is 0 Å². The van der Waals surface area contributed by atoms with Crippen molar-refractivity contribution in [2.75, 3.05) is 26.2 Å². The smallest absolute Gasteiger partial charge is 0.253 e. The molecule has 0 aliphatic rings. The molecular formula is C22H32N4O2S. The van der Waals surface area contributed by atoms with E-state index in [2.05, 4.69) is 15.6 Å². The number of nitrogens with one attached hydrogen (secondary N) is 2. The van der Waals surface area contributed by atoms with Crippen LogP contribution in [0.5, 0.6) is 0 Å². The molecule has 3 N–H and O–H groups in total. The van der Waals surface area contributed by atoms with Gasteiger partial charge in [0.2, 0.25) is 0 Å². The molecule has 1 aromatic carbocycles. The fourth-order valence-electron chi connectivity index (χ4n) is 2.89. The maximum atomic E-state index is 12.4. The van der Waals surface area contributed by atoms with E-state index in [0.29, 0.717) is 37.7 Å². The quantitative estimate of drug-likeness (QED) is 0.433. The third-order valence-corrected chi connectivity index (χ3v) is 5.79. The van der Waals surface area contributed by atoms with Gasteiger partial charge >= 0.3 is 0 Å². The molecule has 6 nitrogen and oxygen atoms in total. The molecule has 1 heterocycles. The fraction of sp³-hybridized carbons (Fsp3) is 0.455. The molecule has 0 fully saturated rings. The summed E-state index contributed by atoms with van der Waals surface area (Å²) in [5, 5.41) is 19.0. The number of thiophene rings is 1. The van der Waals surface area contributed by atoms with Crippen LogP contribution in [-0.4, -0.2) is 48.1 Å². The summed E-state index contributed by atoms with van der Waals surface area (Å²) in [5.74, 6) is 0.698. The Bertz CT molecular complexity index is 782. The predicted octanol–water partition coefficient (Wildman–Crippen LogP) is 3.19. The molecule has 0 bridgehead atoms. The van der Waals surface area contributed by atoms with E-state index in [1.807, 2.05) is 62.5 Å². The Morgan fingerprint density at radius 3 is 2.38 bits per heavy atom. The van der Waals surface area contributed by atoms with E-state index in [1.165, 1.54) is 11.3 Å². The number of aliphatic imine (C=N–C) groups is 1. The van der Waals surface area contributed by atoms with E-state index in [-0.39, 0.29) is 5.91 Å². The Balaban J connectivity index is 2.00. The Labute approximate surface area is 177 Å². The minimum atomic E-state index is -0.962. The first-order valence-electron chi connectivity index (χ1n) is 10.1. The number of benzene rings is 1. The highest BCUT2D eigenvalue weighted by atomic mass is 32.1. The van der Waals surface area contributed by atoms with Crippen molar-refractivity contribution in [1.82, 2.24) is 15.5 Å². The molecule has 158 valence electrons. The molecule has 1 aromatic heterocycles. The van der Waals surface area contributed by atoms with Gasteiger partial charge in [-0.05, 0) is 56.8 Å². The summed E-state index contributed by atoms with van der Waals surface area (Å²) in [5.41, 5.74) is 0.748. The average molecular weight is 417 g/mol. The monoisotopic (exact) mass is 416 g/mol. The Morgan fingerprint density at radius 2 is 1.83 bits per heavy atom. The van der Waals surface area contributed by atoms with E-state index >= 15 is 0 Å². The molecule has 0 spiro atoms. The van der Waals surface area contributed by atoms with Gasteiger partial charge in [-0.1, -0.05) is 18.2 Å². The van der Waals surface area contributed by atoms with Crippen LogP contribution in [0.1, 0.15) is 48.5 Å². The number of aliphatic hydroxyl groups is 1. The van der Waals surface area contributed by atoms with Crippen LogP contribution >= 0.6 is 11.3 Å². The third-order valence-electron chi connectivity index (χ3n) is 4.67. The van der Waals surface area contributed by atoms with Gasteiger partial charge in [0.25, 0.3) is 5.91 Å². The maximum absolute atomic E-state index is 12.4. The minimum Gasteiger partial charge on any atom is -0.383 e. The Hall–Kier alpha value is -2.38. The second-order valence-corrected chi connectivity index (χ2v) is 7.92. The van der Waals surface area contributed by atoms with Gasteiger partial charge in [-0.2, -0.15) is 0 Å². The Kier molecular flexibility index (Phi) is 8.67. The zero-order valence-electron chi connectivity index (χ0n) is 17.7. The van der Waals surface area contributed by atoms with Crippen LogP contribution in [0.4, 0.5) is 0 Å². The molecule has 0 aliphatic heterocycles. The van der Waals surface area contributed by atoms with Crippen LogP contribution in [0.25, 0.3) is 0 Å². The molecule has 29 heavy (non-hydrogen) atoms. The van der Waals surface area contributed by atoms with Crippen molar-refractivity contribution in [3.63, 3.8) is 0 Å². The van der Waals surface area contributed by atoms with Crippen molar-refractivity contribution in [2.24, 2.45) is 4.99 Å². The lowest BCUT2D eigenvalue weighted by Crippen LogP contribution is -2.44. The fourth-order valence-corrected chi connectivity index (χ4v) is 3.67. The van der Waals surface area contributed by atoms with Crippen molar-refractivity contribution in [2.45, 2.75) is 39.8 Å². The molecule has 1 atom stereocenters. The molecule has 1 amide bonds. The van der Waals surface area contributed by atoms with Crippen LogP contribution in [-0.2, 0) is 12.1 Å². The first-order valence-corrected chi connectivity index (χ1v) is 11.0. The zero-order valence-corrected chi connectivity index (χ0v) is 18.6. The number of amides is 1. The highest BCUT2D eigenvalue weighted by molar-refractivity contribution is 7.10. The van der Waals surface area contributed by atoms with E-state index in [4.69, 9.17) is 0 Å². The van der Waals surface area contributed by atoms with E-state index in [0.717, 1.165) is 17.0 Å². The lowest BCUT2D eigenvalue weighted by Gasteiger charge is -2.23. The summed E-state index contributed by atoms with van der Waals surface area (Å²) in [6.07, 6.45) is 0. The van der Waals surface area contributed by atoms with Crippen molar-refractivity contribution in [3.8, 4) is 0 Å². The molecular weight excluding hydrogens is 384 g/mol. The van der Waals surface area contributed by atoms with Gasteiger partial charge in [0, 0.05) is 30.1 Å². The normalized spacial score (nSPS) is 13.6. The number of guanidine groups is 1. The highest BCUT2D eigenvalue weighted by Gasteiger charge is 2.24. The lowest BCUT2D eigenvalue weighted by atomic mass is 10.1. The SMILES string of the molecule is CCNC(=NCc1ccc(C(=O)N(CC)CC)cc1)NCC(C)(O)c1cccs1. The van der Waals surface area contributed by atoms with Gasteiger partial charge in [0.15, 0.2) is 5.96 Å². The van der Waals surface area contributed by atoms with Crippen molar-refractivity contribution in [3.05, 3.63) is 57.8 Å². The number of hydrogen-bond donors (Lipinski definition) is 3. The first kappa shape index (κ1) is 22.9. The molecule has 0 saturated carbocycles. The first-order chi connectivity index (χ1) is 13.9. The minimum absolute atomic E-state index is 0.0517. The number of nitrogens with zero attached hydrogens (tertiary/aromatic N) is 2. The number of carbonyl (C=O) groups is 1. The van der Waals surface area contributed by atoms with E-state index in [1.54, 1.807) is 11.8 Å². The van der Waals surface area contributed by atoms with Crippen molar-refractivity contribution < 1.29 is 9.90 Å². The molecule has 2 aromatic rings. The van der Waals surface area contributed by atoms with Gasteiger partial charge < -0.3 is 20.6 Å². The van der Waals surface area contributed by atoms with Crippen molar-refractivity contribution in [1.29, 1.82) is 0 Å². The second kappa shape index (κ2) is 11.0. The molecule has 0 aliphatic carbocycles. The summed E-state index contributed by atoms with van der Waals surface area (Å²) in [6, 6.07) is 11.4. The van der Waals surface area contributed by atoms with Crippen molar-refractivity contribution >= 4 is 23.2 Å². The van der Waals surface area contributed by atoms with Crippen LogP contribution in [0.3, 0.4) is 0 Å². The van der Waals surface area contributed by atoms with Crippen LogP contribution in [0.15, 0.2) is 46.8 Å². The topological polar surface area (TPSA) is 77.0 Å². The van der Waals surface area contributed by atoms with Gasteiger partial charge in [0.1, 0.15) is 5.60 Å². The molecule has 1 unspecified atom stereocenters. The number of rotatable bonds is 9. The van der Waals surface area contributed by atoms with E-state index in [9.17, 15) is 9.90 Å². The zero-order chi connectivity index (χ0) is 21.3. The maximum Gasteiger partial charge on any atom is 0.253 e. The molecule has 0 saturated heterocycles. The molecule has 2 rings (SSSR count). The van der Waals surface area contributed by atoms with Gasteiger partial charge in [-0.15, -0.1) is 11.3 Å². The third kappa shape index (κ3) is 6.58. The van der Waals surface area contributed by atoms with Crippen LogP contribution < -0.4 is 10.6 Å². The summed E-state index contributed by atoms with van der Waals surface area (Å²) in [4.78, 5) is 19.7. The van der Waals surface area contributed by atoms with Gasteiger partial charge in [-0.25, -0.2) is 4.99 Å². The van der Waals surface area contributed by atoms with Gasteiger partial charge in [-0.3, -0.25) is 4.79 Å². The average Bonchev–Trinajstić information content (AvgIpc) is 3.27. The Morgan fingerprint density at radius 1 is 1.14 bits per heavy atom. The molecule has 0 radical (unpaired) electrons. The highest BCUT2D eigenvalue weighted by Crippen LogP contribution is 2.24. The second-order valence-electron chi connectivity index (χ2n) is 6.97. The van der Waals surface area contributed by atoms with Crippen LogP contribution in [0, 0.1) is 0 Å². The standard InChI is InChI=1S/C22H32N4O2S/c1-5-23-21(25-16-22(4,28)19-9-8-14-29-19)24-15-17-10-12-18(13-11-17)20(27)26(6-2)7-3/h8-14,28H,5-7,15-16H2,1-4H3,(H2,23,24,25). The van der Waals surface area contributed by atoms with Gasteiger partial charge in [0.05, 0.1) is 13.1 Å². The number of hydrogen-bond acceptors (Lipinski definition) is 4.